The third kappa shape index (κ3) is 8.16. The van der Waals surface area contributed by atoms with Crippen molar-refractivity contribution >= 4 is 5.97 Å². The summed E-state index contributed by atoms with van der Waals surface area (Å²) >= 11 is 0. The van der Waals surface area contributed by atoms with Gasteiger partial charge in [-0.15, -0.1) is 0 Å². The van der Waals surface area contributed by atoms with Crippen LogP contribution < -0.4 is 0 Å². The van der Waals surface area contributed by atoms with E-state index >= 15 is 0 Å². The van der Waals surface area contributed by atoms with E-state index < -0.39 is 0 Å². The molecule has 0 aromatic heterocycles. The summed E-state index contributed by atoms with van der Waals surface area (Å²) in [6.45, 7) is 9.80. The zero-order valence-corrected chi connectivity index (χ0v) is 11.6. The predicted molar refractivity (Wildman–Crippen MR) is 66.8 cm³/mol. The van der Waals surface area contributed by atoms with Crippen LogP contribution in [0.2, 0.25) is 0 Å². The Bertz CT molecular complexity index is 198. The fourth-order valence-electron chi connectivity index (χ4n) is 1.46. The number of esters is 1. The van der Waals surface area contributed by atoms with Gasteiger partial charge < -0.3 is 14.2 Å². The molecule has 0 aromatic rings. The number of unbranched alkanes of at least 4 members (excludes halogenated alkanes) is 1. The van der Waals surface area contributed by atoms with Gasteiger partial charge in [-0.25, -0.2) is 0 Å². The van der Waals surface area contributed by atoms with Crippen LogP contribution in [-0.4, -0.2) is 31.6 Å². The first-order valence-electron chi connectivity index (χ1n) is 6.51. The quantitative estimate of drug-likeness (QED) is 0.700. The van der Waals surface area contributed by atoms with Gasteiger partial charge in [0.25, 0.3) is 0 Å². The lowest BCUT2D eigenvalue weighted by molar-refractivity contribution is -0.147. The van der Waals surface area contributed by atoms with E-state index in [-0.39, 0.29) is 11.8 Å². The lowest BCUT2D eigenvalue weighted by Crippen LogP contribution is -2.24. The highest BCUT2D eigenvalue weighted by Crippen LogP contribution is 2.24. The van der Waals surface area contributed by atoms with Gasteiger partial charge in [0.15, 0.2) is 5.79 Å². The van der Waals surface area contributed by atoms with Crippen LogP contribution in [0.1, 0.15) is 53.4 Å². The van der Waals surface area contributed by atoms with E-state index in [1.165, 1.54) is 12.8 Å². The Morgan fingerprint density at radius 1 is 1.24 bits per heavy atom. The zero-order chi connectivity index (χ0) is 13.1. The van der Waals surface area contributed by atoms with Crippen molar-refractivity contribution in [2.45, 2.75) is 59.2 Å². The Morgan fingerprint density at radius 3 is 2.18 bits per heavy atom. The van der Waals surface area contributed by atoms with E-state index in [0.717, 1.165) is 19.6 Å². The molecule has 4 nitrogen and oxygen atoms in total. The van der Waals surface area contributed by atoms with Gasteiger partial charge in [0.1, 0.15) is 0 Å². The van der Waals surface area contributed by atoms with Crippen molar-refractivity contribution in [2.24, 2.45) is 0 Å². The van der Waals surface area contributed by atoms with Crippen LogP contribution in [0.5, 0.6) is 0 Å². The molecular formula is C13H26O4. The molecule has 0 N–H and O–H groups in total. The molecule has 17 heavy (non-hydrogen) atoms. The molecule has 0 bridgehead atoms. The molecule has 1 saturated heterocycles. The molecule has 0 spiro atoms. The minimum Gasteiger partial charge on any atom is -0.466 e. The van der Waals surface area contributed by atoms with Crippen LogP contribution in [0.4, 0.5) is 0 Å². The molecule has 0 radical (unpaired) electrons. The van der Waals surface area contributed by atoms with Gasteiger partial charge in [-0.1, -0.05) is 20.3 Å². The summed E-state index contributed by atoms with van der Waals surface area (Å²) in [5.41, 5.74) is 0. The highest BCUT2D eigenvalue weighted by Gasteiger charge is 2.29. The molecule has 1 aliphatic rings. The third-order valence-electron chi connectivity index (χ3n) is 2.48. The van der Waals surface area contributed by atoms with E-state index in [1.54, 1.807) is 13.8 Å². The molecule has 0 unspecified atom stereocenters. The summed E-state index contributed by atoms with van der Waals surface area (Å²) in [5.74, 6) is -0.377. The van der Waals surface area contributed by atoms with Crippen LogP contribution in [-0.2, 0) is 19.0 Å². The topological polar surface area (TPSA) is 44.8 Å². The van der Waals surface area contributed by atoms with E-state index in [4.69, 9.17) is 9.47 Å². The normalized spacial score (nSPS) is 17.2. The molecule has 102 valence electrons. The first-order valence-corrected chi connectivity index (χ1v) is 6.51. The van der Waals surface area contributed by atoms with Crippen LogP contribution in [0.3, 0.4) is 0 Å². The first-order chi connectivity index (χ1) is 8.08. The number of carbonyl (C=O) groups is 1. The maximum Gasteiger partial charge on any atom is 0.305 e. The predicted octanol–water partition coefficient (Wildman–Crippen LogP) is 2.90. The van der Waals surface area contributed by atoms with Gasteiger partial charge in [-0.3, -0.25) is 4.79 Å². The highest BCUT2D eigenvalue weighted by molar-refractivity contribution is 5.68. The summed E-state index contributed by atoms with van der Waals surface area (Å²) in [7, 11) is 0. The smallest absolute Gasteiger partial charge is 0.305 e. The number of rotatable bonds is 5. The molecule has 0 saturated carbocycles. The van der Waals surface area contributed by atoms with E-state index in [2.05, 4.69) is 11.7 Å². The summed E-state index contributed by atoms with van der Waals surface area (Å²) < 4.78 is 15.4. The van der Waals surface area contributed by atoms with E-state index in [1.807, 2.05) is 6.92 Å². The number of ether oxygens (including phenoxy) is 3. The van der Waals surface area contributed by atoms with Crippen molar-refractivity contribution in [3.8, 4) is 0 Å². The molecule has 0 aliphatic carbocycles. The summed E-state index contributed by atoms with van der Waals surface area (Å²) in [4.78, 5) is 10.2. The minimum atomic E-state index is -0.254. The molecule has 4 heteroatoms. The lowest BCUT2D eigenvalue weighted by Gasteiger charge is -2.21. The van der Waals surface area contributed by atoms with Crippen molar-refractivity contribution in [2.75, 3.05) is 19.8 Å². The number of carbonyl (C=O) groups excluding carboxylic acids is 1. The van der Waals surface area contributed by atoms with Gasteiger partial charge in [-0.2, -0.15) is 0 Å². The van der Waals surface area contributed by atoms with Crippen molar-refractivity contribution in [3.05, 3.63) is 0 Å². The van der Waals surface area contributed by atoms with Crippen molar-refractivity contribution in [1.82, 2.24) is 0 Å². The van der Waals surface area contributed by atoms with Crippen molar-refractivity contribution < 1.29 is 19.0 Å². The standard InChI is InChI=1S/C8H16O2.C5H10O2/c1-3-4-5-8(2)9-6-7-10-8;1-3-5(6)7-4-2/h3-7H2,1-2H3;3-4H2,1-2H3. The van der Waals surface area contributed by atoms with Crippen LogP contribution in [0.15, 0.2) is 0 Å². The molecule has 1 heterocycles. The summed E-state index contributed by atoms with van der Waals surface area (Å²) in [6, 6.07) is 0. The fourth-order valence-corrected chi connectivity index (χ4v) is 1.46. The second kappa shape index (κ2) is 9.42. The van der Waals surface area contributed by atoms with Gasteiger partial charge >= 0.3 is 5.97 Å². The molecular weight excluding hydrogens is 220 g/mol. The van der Waals surface area contributed by atoms with Crippen molar-refractivity contribution in [3.63, 3.8) is 0 Å². The second-order valence-corrected chi connectivity index (χ2v) is 4.09. The third-order valence-corrected chi connectivity index (χ3v) is 2.48. The Morgan fingerprint density at radius 2 is 1.82 bits per heavy atom. The van der Waals surface area contributed by atoms with Crippen LogP contribution >= 0.6 is 0 Å². The van der Waals surface area contributed by atoms with Gasteiger partial charge in [0.2, 0.25) is 0 Å². The average Bonchev–Trinajstić information content (AvgIpc) is 2.75. The van der Waals surface area contributed by atoms with Gasteiger partial charge in [-0.05, 0) is 20.3 Å². The monoisotopic (exact) mass is 246 g/mol. The van der Waals surface area contributed by atoms with Gasteiger partial charge in [0, 0.05) is 12.8 Å². The lowest BCUT2D eigenvalue weighted by atomic mass is 10.1. The van der Waals surface area contributed by atoms with E-state index in [9.17, 15) is 4.79 Å². The average molecular weight is 246 g/mol. The Balaban J connectivity index is 0.000000325. The van der Waals surface area contributed by atoms with Crippen molar-refractivity contribution in [1.29, 1.82) is 0 Å². The highest BCUT2D eigenvalue weighted by atomic mass is 16.7. The SMILES string of the molecule is CCCCC1(C)OCCO1.CCOC(=O)CC. The van der Waals surface area contributed by atoms with Crippen LogP contribution in [0, 0.1) is 0 Å². The molecule has 0 aromatic carbocycles. The summed E-state index contributed by atoms with van der Waals surface area (Å²) in [5, 5.41) is 0. The molecule has 0 amide bonds. The Kier molecular flexibility index (Phi) is 9.09. The Labute approximate surface area is 105 Å². The van der Waals surface area contributed by atoms with Gasteiger partial charge in [0.05, 0.1) is 19.8 Å². The zero-order valence-electron chi connectivity index (χ0n) is 11.6. The molecule has 0 atom stereocenters. The molecule has 1 aliphatic heterocycles. The maximum atomic E-state index is 10.2. The number of hydrogen-bond donors (Lipinski definition) is 0. The van der Waals surface area contributed by atoms with E-state index in [0.29, 0.717) is 13.0 Å². The van der Waals surface area contributed by atoms with Crippen LogP contribution in [0.25, 0.3) is 0 Å². The maximum absolute atomic E-state index is 10.2. The second-order valence-electron chi connectivity index (χ2n) is 4.09. The largest absolute Gasteiger partial charge is 0.466 e. The molecule has 1 rings (SSSR count). The minimum absolute atomic E-state index is 0.123. The Hall–Kier alpha value is -0.610. The molecule has 1 fully saturated rings. The number of hydrogen-bond acceptors (Lipinski definition) is 4. The fraction of sp³-hybridized carbons (Fsp3) is 0.923. The summed E-state index contributed by atoms with van der Waals surface area (Å²) in [6.07, 6.45) is 3.91. The first kappa shape index (κ1) is 16.4.